The van der Waals surface area contributed by atoms with Crippen LogP contribution in [0, 0.1) is 0 Å². The van der Waals surface area contributed by atoms with Gasteiger partial charge in [0.25, 0.3) is 0 Å². The van der Waals surface area contributed by atoms with Crippen LogP contribution in [0.4, 0.5) is 5.69 Å². The Morgan fingerprint density at radius 1 is 1.14 bits per heavy atom. The van der Waals surface area contributed by atoms with Crippen LogP contribution in [-0.4, -0.2) is 36.5 Å². The number of aromatic nitrogens is 2. The average Bonchev–Trinajstić information content (AvgIpc) is 3.22. The van der Waals surface area contributed by atoms with E-state index >= 15 is 0 Å². The first-order chi connectivity index (χ1) is 13.7. The van der Waals surface area contributed by atoms with Gasteiger partial charge in [0.05, 0.1) is 25.6 Å². The maximum absolute atomic E-state index is 5.55. The van der Waals surface area contributed by atoms with E-state index in [1.54, 1.807) is 14.2 Å². The van der Waals surface area contributed by atoms with Gasteiger partial charge in [-0.1, -0.05) is 18.2 Å². The monoisotopic (exact) mass is 379 g/mol. The van der Waals surface area contributed by atoms with Crippen LogP contribution in [-0.2, 0) is 6.54 Å². The molecule has 3 aromatic rings. The number of nitrogens with one attached hydrogen (secondary N) is 2. The molecule has 0 atom stereocenters. The average molecular weight is 379 g/mol. The van der Waals surface area contributed by atoms with E-state index in [1.807, 2.05) is 72.5 Å². The minimum absolute atomic E-state index is 0.586. The summed E-state index contributed by atoms with van der Waals surface area (Å²) in [4.78, 5) is 4.27. The standard InChI is InChI=1S/C21H25N5O2/c1-4-28-19-11-10-17(12-20(19)27-3)25-21(22-2)23-13-16-14-24-26(15-16)18-8-6-5-7-9-18/h5-12,14-15H,4,13H2,1-3H3,(H2,22,23,25). The first-order valence-electron chi connectivity index (χ1n) is 9.11. The van der Waals surface area contributed by atoms with Crippen molar-refractivity contribution >= 4 is 11.6 Å². The third-order valence-electron chi connectivity index (χ3n) is 4.07. The fourth-order valence-corrected chi connectivity index (χ4v) is 2.70. The molecule has 0 saturated carbocycles. The predicted octanol–water partition coefficient (Wildman–Crippen LogP) is 3.47. The lowest BCUT2D eigenvalue weighted by atomic mass is 10.2. The number of rotatable bonds is 7. The van der Waals surface area contributed by atoms with Crippen LogP contribution in [0.5, 0.6) is 11.5 Å². The van der Waals surface area contributed by atoms with Crippen molar-refractivity contribution in [3.63, 3.8) is 0 Å². The maximum Gasteiger partial charge on any atom is 0.195 e. The third-order valence-corrected chi connectivity index (χ3v) is 4.07. The van der Waals surface area contributed by atoms with Crippen LogP contribution >= 0.6 is 0 Å². The molecule has 1 heterocycles. The summed E-state index contributed by atoms with van der Waals surface area (Å²) in [6, 6.07) is 15.7. The molecule has 2 N–H and O–H groups in total. The topological polar surface area (TPSA) is 72.7 Å². The first kappa shape index (κ1) is 19.3. The van der Waals surface area contributed by atoms with Crippen molar-refractivity contribution < 1.29 is 9.47 Å². The number of anilines is 1. The fourth-order valence-electron chi connectivity index (χ4n) is 2.70. The molecule has 7 nitrogen and oxygen atoms in total. The molecule has 0 fully saturated rings. The zero-order valence-corrected chi connectivity index (χ0v) is 16.3. The highest BCUT2D eigenvalue weighted by atomic mass is 16.5. The Morgan fingerprint density at radius 2 is 1.96 bits per heavy atom. The van der Waals surface area contributed by atoms with E-state index in [0.29, 0.717) is 30.6 Å². The molecule has 3 rings (SSSR count). The Balaban J connectivity index is 1.62. The van der Waals surface area contributed by atoms with E-state index in [4.69, 9.17) is 9.47 Å². The number of nitrogens with zero attached hydrogens (tertiary/aromatic N) is 3. The van der Waals surface area contributed by atoms with E-state index in [-0.39, 0.29) is 0 Å². The summed E-state index contributed by atoms with van der Waals surface area (Å²) in [5.74, 6) is 2.04. The van der Waals surface area contributed by atoms with Gasteiger partial charge in [0.1, 0.15) is 0 Å². The lowest BCUT2D eigenvalue weighted by Gasteiger charge is -2.14. The molecule has 0 unspecified atom stereocenters. The van der Waals surface area contributed by atoms with Gasteiger partial charge in [0.2, 0.25) is 0 Å². The quantitative estimate of drug-likeness (QED) is 0.486. The highest BCUT2D eigenvalue weighted by Crippen LogP contribution is 2.30. The number of guanidine groups is 1. The third kappa shape index (κ3) is 4.82. The molecule has 0 aliphatic heterocycles. The Labute approximate surface area is 165 Å². The Morgan fingerprint density at radius 3 is 2.68 bits per heavy atom. The maximum atomic E-state index is 5.55. The molecule has 1 aromatic heterocycles. The van der Waals surface area contributed by atoms with Crippen LogP contribution in [0.25, 0.3) is 5.69 Å². The molecule has 0 spiro atoms. The summed E-state index contributed by atoms with van der Waals surface area (Å²) in [5.41, 5.74) is 2.93. The summed E-state index contributed by atoms with van der Waals surface area (Å²) >= 11 is 0. The summed E-state index contributed by atoms with van der Waals surface area (Å²) in [5, 5.41) is 11.0. The summed E-state index contributed by atoms with van der Waals surface area (Å²) < 4.78 is 12.8. The highest BCUT2D eigenvalue weighted by Gasteiger charge is 2.07. The zero-order valence-electron chi connectivity index (χ0n) is 16.3. The summed E-state index contributed by atoms with van der Waals surface area (Å²) in [6.45, 7) is 3.13. The van der Waals surface area contributed by atoms with E-state index in [9.17, 15) is 0 Å². The van der Waals surface area contributed by atoms with Crippen LogP contribution in [0.1, 0.15) is 12.5 Å². The normalized spacial score (nSPS) is 11.2. The second kappa shape index (κ2) is 9.45. The van der Waals surface area contributed by atoms with Gasteiger partial charge >= 0.3 is 0 Å². The van der Waals surface area contributed by atoms with Gasteiger partial charge < -0.3 is 20.1 Å². The molecule has 0 amide bonds. The molecular formula is C21H25N5O2. The van der Waals surface area contributed by atoms with Crippen LogP contribution in [0.2, 0.25) is 0 Å². The molecule has 146 valence electrons. The van der Waals surface area contributed by atoms with Crippen molar-refractivity contribution in [2.75, 3.05) is 26.1 Å². The molecule has 7 heteroatoms. The minimum Gasteiger partial charge on any atom is -0.493 e. The largest absolute Gasteiger partial charge is 0.493 e. The van der Waals surface area contributed by atoms with E-state index in [1.165, 1.54) is 0 Å². The molecule has 28 heavy (non-hydrogen) atoms. The molecule has 0 bridgehead atoms. The Hall–Kier alpha value is -3.48. The van der Waals surface area contributed by atoms with E-state index < -0.39 is 0 Å². The van der Waals surface area contributed by atoms with Gasteiger partial charge in [-0.3, -0.25) is 4.99 Å². The van der Waals surface area contributed by atoms with Gasteiger partial charge in [0, 0.05) is 37.1 Å². The minimum atomic E-state index is 0.586. The number of benzene rings is 2. The molecule has 0 saturated heterocycles. The van der Waals surface area contributed by atoms with E-state index in [0.717, 1.165) is 16.9 Å². The van der Waals surface area contributed by atoms with Gasteiger partial charge in [0.15, 0.2) is 17.5 Å². The van der Waals surface area contributed by atoms with Crippen LogP contribution in [0.15, 0.2) is 65.9 Å². The second-order valence-corrected chi connectivity index (χ2v) is 5.98. The Kier molecular flexibility index (Phi) is 6.51. The predicted molar refractivity (Wildman–Crippen MR) is 112 cm³/mol. The van der Waals surface area contributed by atoms with Gasteiger partial charge in [-0.25, -0.2) is 4.68 Å². The van der Waals surface area contributed by atoms with Crippen LogP contribution < -0.4 is 20.1 Å². The molecule has 2 aromatic carbocycles. The number of ether oxygens (including phenoxy) is 2. The zero-order chi connectivity index (χ0) is 19.8. The van der Waals surface area contributed by atoms with Crippen molar-refractivity contribution in [2.45, 2.75) is 13.5 Å². The summed E-state index contributed by atoms with van der Waals surface area (Å²) in [7, 11) is 3.35. The van der Waals surface area contributed by atoms with Gasteiger partial charge in [-0.2, -0.15) is 5.10 Å². The van der Waals surface area contributed by atoms with Crippen molar-refractivity contribution in [3.05, 3.63) is 66.5 Å². The van der Waals surface area contributed by atoms with Gasteiger partial charge in [-0.15, -0.1) is 0 Å². The lowest BCUT2D eigenvalue weighted by molar-refractivity contribution is 0.311. The van der Waals surface area contributed by atoms with Crippen molar-refractivity contribution in [1.29, 1.82) is 0 Å². The number of para-hydroxylation sites is 1. The van der Waals surface area contributed by atoms with Crippen molar-refractivity contribution in [1.82, 2.24) is 15.1 Å². The smallest absolute Gasteiger partial charge is 0.195 e. The molecular weight excluding hydrogens is 354 g/mol. The number of hydrogen-bond donors (Lipinski definition) is 2. The molecule has 0 radical (unpaired) electrons. The SMILES string of the molecule is CCOc1ccc(NC(=NC)NCc2cnn(-c3ccccc3)c2)cc1OC. The highest BCUT2D eigenvalue weighted by molar-refractivity contribution is 5.93. The van der Waals surface area contributed by atoms with Crippen LogP contribution in [0.3, 0.4) is 0 Å². The van der Waals surface area contributed by atoms with Crippen molar-refractivity contribution in [2.24, 2.45) is 4.99 Å². The summed E-state index contributed by atoms with van der Waals surface area (Å²) in [6.07, 6.45) is 3.84. The second-order valence-electron chi connectivity index (χ2n) is 5.98. The number of aliphatic imine (C=N–C) groups is 1. The Bertz CT molecular complexity index is 922. The number of hydrogen-bond acceptors (Lipinski definition) is 4. The first-order valence-corrected chi connectivity index (χ1v) is 9.11. The van der Waals surface area contributed by atoms with Gasteiger partial charge in [-0.05, 0) is 31.2 Å². The lowest BCUT2D eigenvalue weighted by Crippen LogP contribution is -2.30. The molecule has 0 aliphatic rings. The molecule has 0 aliphatic carbocycles. The fraction of sp³-hybridized carbons (Fsp3) is 0.238. The number of methoxy groups -OCH3 is 1. The van der Waals surface area contributed by atoms with E-state index in [2.05, 4.69) is 20.7 Å². The van der Waals surface area contributed by atoms with Crippen molar-refractivity contribution in [3.8, 4) is 17.2 Å².